The number of halogens is 1. The van der Waals surface area contributed by atoms with Crippen molar-refractivity contribution in [2.75, 3.05) is 6.61 Å². The van der Waals surface area contributed by atoms with E-state index in [9.17, 15) is 0 Å². The minimum atomic E-state index is -1.54. The van der Waals surface area contributed by atoms with Crippen LogP contribution in [0.2, 0.25) is 13.1 Å². The lowest BCUT2D eigenvalue weighted by atomic mass is 10.1. The van der Waals surface area contributed by atoms with Gasteiger partial charge in [0.05, 0.1) is 18.8 Å². The molecule has 1 aliphatic rings. The van der Waals surface area contributed by atoms with Crippen LogP contribution in [0.15, 0.2) is 21.9 Å². The molecule has 0 saturated heterocycles. The minimum Gasteiger partial charge on any atom is -0.408 e. The predicted molar refractivity (Wildman–Crippen MR) is 74.7 cm³/mol. The van der Waals surface area contributed by atoms with Gasteiger partial charge in [-0.3, -0.25) is 0 Å². The smallest absolute Gasteiger partial charge is 0.211 e. The number of ether oxygens (including phenoxy) is 1. The van der Waals surface area contributed by atoms with Crippen LogP contribution in [-0.2, 0) is 9.16 Å². The quantitative estimate of drug-likeness (QED) is 0.578. The number of hydrogen-bond donors (Lipinski definition) is 0. The molecule has 0 amide bonds. The molecule has 2 atom stereocenters. The van der Waals surface area contributed by atoms with Crippen molar-refractivity contribution in [2.45, 2.75) is 38.6 Å². The molecule has 0 aromatic rings. The third-order valence-corrected chi connectivity index (χ3v) is 4.87. The molecular weight excluding hydrogens is 319 g/mol. The molecule has 1 rings (SSSR count). The summed E-state index contributed by atoms with van der Waals surface area (Å²) in [5.74, 6) is 0. The van der Waals surface area contributed by atoms with E-state index in [0.29, 0.717) is 6.61 Å². The lowest BCUT2D eigenvalue weighted by molar-refractivity contribution is -0.00567. The number of rotatable bonds is 4. The Bertz CT molecular complexity index is 251. The summed E-state index contributed by atoms with van der Waals surface area (Å²) in [4.78, 5) is 0. The maximum Gasteiger partial charge on any atom is 0.211 e. The summed E-state index contributed by atoms with van der Waals surface area (Å²) in [5.41, 5.74) is 2.25. The zero-order chi connectivity index (χ0) is 11.3. The maximum atomic E-state index is 6.07. The van der Waals surface area contributed by atoms with Gasteiger partial charge >= 0.3 is 0 Å². The Hall–Kier alpha value is 0.347. The van der Waals surface area contributed by atoms with E-state index < -0.39 is 8.32 Å². The predicted octanol–water partition coefficient (Wildman–Crippen LogP) is 3.43. The molecular formula is C11H19IO2Si. The maximum absolute atomic E-state index is 6.07. The molecule has 0 aromatic carbocycles. The average molecular weight is 338 g/mol. The monoisotopic (exact) mass is 338 g/mol. The first kappa shape index (κ1) is 13.4. The van der Waals surface area contributed by atoms with E-state index in [4.69, 9.17) is 9.16 Å². The van der Waals surface area contributed by atoms with E-state index >= 15 is 0 Å². The van der Waals surface area contributed by atoms with E-state index in [-0.39, 0.29) is 12.2 Å². The SMILES string of the molecule is C[C@H](OC/C=C\I)[C@H]1CC=C[Si](C)(C)O1. The second-order valence-corrected chi connectivity index (χ2v) is 8.79. The number of hydrogen-bond acceptors (Lipinski definition) is 2. The summed E-state index contributed by atoms with van der Waals surface area (Å²) in [6.07, 6.45) is 5.65. The molecule has 0 aromatic heterocycles. The Kier molecular flexibility index (Phi) is 5.52. The van der Waals surface area contributed by atoms with Crippen LogP contribution < -0.4 is 0 Å². The van der Waals surface area contributed by atoms with Crippen LogP contribution in [0, 0.1) is 0 Å². The molecule has 86 valence electrons. The highest BCUT2D eigenvalue weighted by Crippen LogP contribution is 2.21. The van der Waals surface area contributed by atoms with Crippen molar-refractivity contribution in [3.63, 3.8) is 0 Å². The van der Waals surface area contributed by atoms with Gasteiger partial charge < -0.3 is 9.16 Å². The Morgan fingerprint density at radius 1 is 1.67 bits per heavy atom. The van der Waals surface area contributed by atoms with Gasteiger partial charge in [-0.05, 0) is 30.5 Å². The molecule has 1 aliphatic heterocycles. The van der Waals surface area contributed by atoms with Gasteiger partial charge in [0.15, 0.2) is 0 Å². The Morgan fingerprint density at radius 3 is 3.00 bits per heavy atom. The molecule has 4 heteroatoms. The van der Waals surface area contributed by atoms with Crippen molar-refractivity contribution >= 4 is 30.9 Å². The third kappa shape index (κ3) is 4.80. The minimum absolute atomic E-state index is 0.175. The fourth-order valence-corrected chi connectivity index (χ4v) is 3.66. The van der Waals surface area contributed by atoms with Crippen LogP contribution in [0.1, 0.15) is 13.3 Å². The second-order valence-electron chi connectivity index (χ2n) is 4.30. The van der Waals surface area contributed by atoms with Crippen LogP contribution in [0.3, 0.4) is 0 Å². The topological polar surface area (TPSA) is 18.5 Å². The zero-order valence-electron chi connectivity index (χ0n) is 9.57. The molecule has 2 nitrogen and oxygen atoms in total. The highest BCUT2D eigenvalue weighted by molar-refractivity contribution is 14.1. The van der Waals surface area contributed by atoms with Gasteiger partial charge in [-0.15, -0.1) is 0 Å². The molecule has 1 heterocycles. The van der Waals surface area contributed by atoms with Gasteiger partial charge in [0.25, 0.3) is 0 Å². The molecule has 0 unspecified atom stereocenters. The van der Waals surface area contributed by atoms with Gasteiger partial charge in [0.1, 0.15) is 0 Å². The highest BCUT2D eigenvalue weighted by atomic mass is 127. The molecule has 0 aliphatic carbocycles. The van der Waals surface area contributed by atoms with Crippen LogP contribution in [0.5, 0.6) is 0 Å². The molecule has 0 bridgehead atoms. The zero-order valence-corrected chi connectivity index (χ0v) is 12.7. The van der Waals surface area contributed by atoms with Gasteiger partial charge in [0, 0.05) is 0 Å². The molecule has 0 spiro atoms. The van der Waals surface area contributed by atoms with Crippen molar-refractivity contribution in [3.8, 4) is 0 Å². The first-order chi connectivity index (χ1) is 7.05. The molecule has 0 saturated carbocycles. The highest BCUT2D eigenvalue weighted by Gasteiger charge is 2.30. The summed E-state index contributed by atoms with van der Waals surface area (Å²) in [6, 6.07) is 0. The van der Waals surface area contributed by atoms with Gasteiger partial charge in [-0.25, -0.2) is 0 Å². The standard InChI is InChI=1S/C11H19IO2Si/c1-10(13-8-5-7-12)11-6-4-9-15(2,3)14-11/h4-5,7,9-11H,6,8H2,1-3H3/b7-5-/t10-,11+/m0/s1. The van der Waals surface area contributed by atoms with Crippen LogP contribution in [0.25, 0.3) is 0 Å². The Labute approximate surface area is 107 Å². The van der Waals surface area contributed by atoms with Crippen LogP contribution in [-0.4, -0.2) is 27.1 Å². The summed E-state index contributed by atoms with van der Waals surface area (Å²) >= 11 is 2.20. The van der Waals surface area contributed by atoms with E-state index in [1.54, 1.807) is 0 Å². The largest absolute Gasteiger partial charge is 0.408 e. The molecule has 0 N–H and O–H groups in total. The second kappa shape index (κ2) is 6.17. The molecule has 0 radical (unpaired) electrons. The lowest BCUT2D eigenvalue weighted by Gasteiger charge is -2.33. The fraction of sp³-hybridized carbons (Fsp3) is 0.636. The summed E-state index contributed by atoms with van der Waals surface area (Å²) in [6.45, 7) is 7.20. The van der Waals surface area contributed by atoms with Gasteiger partial charge in [0.2, 0.25) is 8.32 Å². The Balaban J connectivity index is 2.40. The summed E-state index contributed by atoms with van der Waals surface area (Å²) < 4.78 is 13.7. The summed E-state index contributed by atoms with van der Waals surface area (Å²) in [7, 11) is -1.54. The summed E-state index contributed by atoms with van der Waals surface area (Å²) in [5, 5.41) is 0. The first-order valence-electron chi connectivity index (χ1n) is 5.27. The van der Waals surface area contributed by atoms with Crippen molar-refractivity contribution in [1.29, 1.82) is 0 Å². The first-order valence-corrected chi connectivity index (χ1v) is 9.50. The van der Waals surface area contributed by atoms with Crippen LogP contribution >= 0.6 is 22.6 Å². The normalized spacial score (nSPS) is 27.1. The van der Waals surface area contributed by atoms with E-state index in [0.717, 1.165) is 6.42 Å². The van der Waals surface area contributed by atoms with Gasteiger partial charge in [-0.2, -0.15) is 0 Å². The van der Waals surface area contributed by atoms with E-state index in [2.05, 4.69) is 54.4 Å². The average Bonchev–Trinajstić information content (AvgIpc) is 2.16. The van der Waals surface area contributed by atoms with E-state index in [1.807, 2.05) is 10.2 Å². The molecule has 0 fully saturated rings. The van der Waals surface area contributed by atoms with Crippen molar-refractivity contribution < 1.29 is 9.16 Å². The van der Waals surface area contributed by atoms with Crippen molar-refractivity contribution in [1.82, 2.24) is 0 Å². The third-order valence-electron chi connectivity index (χ3n) is 2.41. The fourth-order valence-electron chi connectivity index (χ4n) is 1.60. The van der Waals surface area contributed by atoms with Crippen molar-refractivity contribution in [3.05, 3.63) is 21.9 Å². The van der Waals surface area contributed by atoms with Crippen molar-refractivity contribution in [2.24, 2.45) is 0 Å². The van der Waals surface area contributed by atoms with E-state index in [1.165, 1.54) is 0 Å². The van der Waals surface area contributed by atoms with Crippen LogP contribution in [0.4, 0.5) is 0 Å². The lowest BCUT2D eigenvalue weighted by Crippen LogP contribution is -2.42. The van der Waals surface area contributed by atoms with Gasteiger partial charge in [-0.1, -0.05) is 40.4 Å². The molecule has 15 heavy (non-hydrogen) atoms. The Morgan fingerprint density at radius 2 is 2.40 bits per heavy atom.